The topological polar surface area (TPSA) is 37.0 Å². The second kappa shape index (κ2) is 8.02. The van der Waals surface area contributed by atoms with E-state index >= 15 is 0 Å². The number of H-pyrrole nitrogens is 1. The SMILES string of the molecule is CCCNCCc1c[nH]c2ccc(C)c(OCc3ccccc3)c12. The molecule has 0 atom stereocenters. The van der Waals surface area contributed by atoms with Gasteiger partial charge in [-0.05, 0) is 55.6 Å². The quantitative estimate of drug-likeness (QED) is 0.595. The molecule has 0 aliphatic carbocycles. The zero-order valence-corrected chi connectivity index (χ0v) is 14.6. The molecule has 0 fully saturated rings. The third kappa shape index (κ3) is 3.80. The van der Waals surface area contributed by atoms with Gasteiger partial charge >= 0.3 is 0 Å². The van der Waals surface area contributed by atoms with Gasteiger partial charge in [-0.2, -0.15) is 0 Å². The summed E-state index contributed by atoms with van der Waals surface area (Å²) in [5.41, 5.74) is 4.84. The Balaban J connectivity index is 1.82. The predicted octanol–water partition coefficient (Wildman–Crippen LogP) is 4.60. The number of aromatic nitrogens is 1. The van der Waals surface area contributed by atoms with Gasteiger partial charge < -0.3 is 15.0 Å². The number of ether oxygens (including phenoxy) is 1. The molecule has 0 unspecified atom stereocenters. The number of fused-ring (bicyclic) bond motifs is 1. The van der Waals surface area contributed by atoms with Crippen LogP contribution in [0.4, 0.5) is 0 Å². The van der Waals surface area contributed by atoms with E-state index in [2.05, 4.69) is 54.6 Å². The molecule has 126 valence electrons. The van der Waals surface area contributed by atoms with Crippen LogP contribution in [0.1, 0.15) is 30.0 Å². The Kier molecular flexibility index (Phi) is 5.55. The summed E-state index contributed by atoms with van der Waals surface area (Å²) in [6.45, 7) is 6.97. The fraction of sp³-hybridized carbons (Fsp3) is 0.333. The van der Waals surface area contributed by atoms with Crippen LogP contribution >= 0.6 is 0 Å². The number of nitrogens with one attached hydrogen (secondary N) is 2. The van der Waals surface area contributed by atoms with Crippen LogP contribution in [0.25, 0.3) is 10.9 Å². The first-order valence-corrected chi connectivity index (χ1v) is 8.76. The first-order chi connectivity index (χ1) is 11.8. The lowest BCUT2D eigenvalue weighted by Gasteiger charge is -2.12. The van der Waals surface area contributed by atoms with Gasteiger partial charge in [-0.15, -0.1) is 0 Å². The van der Waals surface area contributed by atoms with Crippen molar-refractivity contribution in [2.75, 3.05) is 13.1 Å². The number of aromatic amines is 1. The lowest BCUT2D eigenvalue weighted by molar-refractivity contribution is 0.308. The van der Waals surface area contributed by atoms with Gasteiger partial charge in [-0.3, -0.25) is 0 Å². The zero-order valence-electron chi connectivity index (χ0n) is 14.6. The monoisotopic (exact) mass is 322 g/mol. The molecule has 0 radical (unpaired) electrons. The number of benzene rings is 2. The molecule has 3 aromatic rings. The number of hydrogen-bond acceptors (Lipinski definition) is 2. The highest BCUT2D eigenvalue weighted by Gasteiger charge is 2.12. The molecule has 3 heteroatoms. The molecule has 1 heterocycles. The van der Waals surface area contributed by atoms with Crippen molar-refractivity contribution in [3.8, 4) is 5.75 Å². The van der Waals surface area contributed by atoms with E-state index in [4.69, 9.17) is 4.74 Å². The van der Waals surface area contributed by atoms with Crippen LogP contribution in [-0.4, -0.2) is 18.1 Å². The zero-order chi connectivity index (χ0) is 16.8. The summed E-state index contributed by atoms with van der Waals surface area (Å²) >= 11 is 0. The lowest BCUT2D eigenvalue weighted by atomic mass is 10.1. The molecule has 1 aromatic heterocycles. The minimum absolute atomic E-state index is 0.597. The van der Waals surface area contributed by atoms with E-state index in [1.807, 2.05) is 18.2 Å². The second-order valence-corrected chi connectivity index (χ2v) is 6.22. The van der Waals surface area contributed by atoms with Gasteiger partial charge in [0.1, 0.15) is 12.4 Å². The van der Waals surface area contributed by atoms with Crippen molar-refractivity contribution < 1.29 is 4.74 Å². The van der Waals surface area contributed by atoms with Gasteiger partial charge in [-0.25, -0.2) is 0 Å². The molecular weight excluding hydrogens is 296 g/mol. The van der Waals surface area contributed by atoms with Crippen molar-refractivity contribution in [2.45, 2.75) is 33.3 Å². The number of aryl methyl sites for hydroxylation is 1. The molecule has 0 spiro atoms. The maximum atomic E-state index is 6.22. The smallest absolute Gasteiger partial charge is 0.132 e. The van der Waals surface area contributed by atoms with Crippen molar-refractivity contribution in [3.05, 3.63) is 65.4 Å². The second-order valence-electron chi connectivity index (χ2n) is 6.22. The van der Waals surface area contributed by atoms with Crippen molar-refractivity contribution in [3.63, 3.8) is 0 Å². The van der Waals surface area contributed by atoms with Crippen LogP contribution in [0.15, 0.2) is 48.7 Å². The summed E-state index contributed by atoms with van der Waals surface area (Å²) in [7, 11) is 0. The fourth-order valence-electron chi connectivity index (χ4n) is 3.00. The summed E-state index contributed by atoms with van der Waals surface area (Å²) in [5.74, 6) is 1.00. The van der Waals surface area contributed by atoms with E-state index in [9.17, 15) is 0 Å². The predicted molar refractivity (Wildman–Crippen MR) is 101 cm³/mol. The Hall–Kier alpha value is -2.26. The van der Waals surface area contributed by atoms with Crippen molar-refractivity contribution in [1.82, 2.24) is 10.3 Å². The summed E-state index contributed by atoms with van der Waals surface area (Å²) < 4.78 is 6.22. The highest BCUT2D eigenvalue weighted by atomic mass is 16.5. The molecule has 2 aromatic carbocycles. The number of rotatable bonds is 8. The van der Waals surface area contributed by atoms with Crippen LogP contribution < -0.4 is 10.1 Å². The molecule has 2 N–H and O–H groups in total. The van der Waals surface area contributed by atoms with Gasteiger partial charge in [0.25, 0.3) is 0 Å². The maximum Gasteiger partial charge on any atom is 0.132 e. The Bertz CT molecular complexity index is 777. The van der Waals surface area contributed by atoms with Gasteiger partial charge in [-0.1, -0.05) is 43.3 Å². The third-order valence-corrected chi connectivity index (χ3v) is 4.30. The largest absolute Gasteiger partial charge is 0.488 e. The Morgan fingerprint density at radius 3 is 2.67 bits per heavy atom. The molecule has 3 nitrogen and oxygen atoms in total. The lowest BCUT2D eigenvalue weighted by Crippen LogP contribution is -2.17. The molecule has 0 saturated heterocycles. The summed E-state index contributed by atoms with van der Waals surface area (Å²) in [4.78, 5) is 3.39. The van der Waals surface area contributed by atoms with Gasteiger partial charge in [0.05, 0.1) is 0 Å². The third-order valence-electron chi connectivity index (χ3n) is 4.30. The molecule has 24 heavy (non-hydrogen) atoms. The molecule has 0 aliphatic heterocycles. The maximum absolute atomic E-state index is 6.22. The van der Waals surface area contributed by atoms with Crippen LogP contribution in [-0.2, 0) is 13.0 Å². The van der Waals surface area contributed by atoms with Crippen LogP contribution in [0.2, 0.25) is 0 Å². The minimum Gasteiger partial charge on any atom is -0.488 e. The summed E-state index contributed by atoms with van der Waals surface area (Å²) in [5, 5.41) is 4.70. The fourth-order valence-corrected chi connectivity index (χ4v) is 3.00. The summed E-state index contributed by atoms with van der Waals surface area (Å²) in [6, 6.07) is 14.6. The van der Waals surface area contributed by atoms with E-state index < -0.39 is 0 Å². The van der Waals surface area contributed by atoms with Crippen LogP contribution in [0, 0.1) is 6.92 Å². The van der Waals surface area contributed by atoms with Gasteiger partial charge in [0.15, 0.2) is 0 Å². The van der Waals surface area contributed by atoms with Crippen molar-refractivity contribution in [2.24, 2.45) is 0 Å². The van der Waals surface area contributed by atoms with Crippen molar-refractivity contribution >= 4 is 10.9 Å². The van der Waals surface area contributed by atoms with Gasteiger partial charge in [0.2, 0.25) is 0 Å². The molecule has 0 bridgehead atoms. The van der Waals surface area contributed by atoms with Crippen molar-refractivity contribution in [1.29, 1.82) is 0 Å². The van der Waals surface area contributed by atoms with Crippen LogP contribution in [0.5, 0.6) is 5.75 Å². The van der Waals surface area contributed by atoms with Crippen LogP contribution in [0.3, 0.4) is 0 Å². The Morgan fingerprint density at radius 1 is 1.04 bits per heavy atom. The summed E-state index contributed by atoms with van der Waals surface area (Å²) in [6.07, 6.45) is 4.29. The molecule has 0 saturated carbocycles. The van der Waals surface area contributed by atoms with E-state index in [1.54, 1.807) is 0 Å². The molecule has 3 rings (SSSR count). The van der Waals surface area contributed by atoms with E-state index in [1.165, 1.54) is 28.5 Å². The minimum atomic E-state index is 0.597. The Morgan fingerprint density at radius 2 is 1.88 bits per heavy atom. The molecule has 0 aliphatic rings. The average molecular weight is 322 g/mol. The highest BCUT2D eigenvalue weighted by Crippen LogP contribution is 2.33. The number of hydrogen-bond donors (Lipinski definition) is 2. The average Bonchev–Trinajstić information content (AvgIpc) is 3.02. The van der Waals surface area contributed by atoms with Gasteiger partial charge in [0, 0.05) is 17.1 Å². The first kappa shape index (κ1) is 16.6. The standard InChI is InChI=1S/C21H26N2O/c1-3-12-22-13-11-18-14-23-19-10-9-16(2)21(20(18)19)24-15-17-7-5-4-6-8-17/h4-10,14,22-23H,3,11-13,15H2,1-2H3. The normalized spacial score (nSPS) is 11.1. The Labute approximate surface area is 144 Å². The van der Waals surface area contributed by atoms with E-state index in [0.717, 1.165) is 30.8 Å². The molecular formula is C21H26N2O. The van der Waals surface area contributed by atoms with E-state index in [0.29, 0.717) is 6.61 Å². The first-order valence-electron chi connectivity index (χ1n) is 8.76. The molecule has 0 amide bonds. The highest BCUT2D eigenvalue weighted by molar-refractivity contribution is 5.90. The van der Waals surface area contributed by atoms with E-state index in [-0.39, 0.29) is 0 Å².